The molecule has 1 fully saturated rings. The van der Waals surface area contributed by atoms with Gasteiger partial charge in [-0.15, -0.1) is 0 Å². The lowest BCUT2D eigenvalue weighted by Gasteiger charge is -2.20. The molecule has 0 heterocycles. The molecule has 20 heavy (non-hydrogen) atoms. The van der Waals surface area contributed by atoms with Crippen LogP contribution in [0.15, 0.2) is 30.3 Å². The molecule has 0 aromatic heterocycles. The number of hydrogen-bond acceptors (Lipinski definition) is 1. The second-order valence-electron chi connectivity index (χ2n) is 6.32. The third kappa shape index (κ3) is 6.45. The van der Waals surface area contributed by atoms with Crippen LogP contribution < -0.4 is 5.32 Å². The van der Waals surface area contributed by atoms with E-state index in [1.165, 1.54) is 82.7 Å². The predicted octanol–water partition coefficient (Wildman–Crippen LogP) is 6.16. The Bertz CT molecular complexity index is 319. The fourth-order valence-corrected chi connectivity index (χ4v) is 3.25. The van der Waals surface area contributed by atoms with Gasteiger partial charge in [0.25, 0.3) is 0 Å². The molecule has 0 aliphatic heterocycles. The van der Waals surface area contributed by atoms with E-state index in [9.17, 15) is 0 Å². The Morgan fingerprint density at radius 2 is 1.05 bits per heavy atom. The maximum Gasteiger partial charge on any atom is 0.0342 e. The summed E-state index contributed by atoms with van der Waals surface area (Å²) in [5.74, 6) is 0. The monoisotopic (exact) mass is 273 g/mol. The highest BCUT2D eigenvalue weighted by Crippen LogP contribution is 2.19. The van der Waals surface area contributed by atoms with Crippen LogP contribution >= 0.6 is 0 Å². The van der Waals surface area contributed by atoms with Gasteiger partial charge >= 0.3 is 0 Å². The van der Waals surface area contributed by atoms with E-state index in [4.69, 9.17) is 0 Å². The number of anilines is 1. The van der Waals surface area contributed by atoms with E-state index in [0.29, 0.717) is 6.04 Å². The van der Waals surface area contributed by atoms with Crippen LogP contribution in [0.1, 0.15) is 77.0 Å². The van der Waals surface area contributed by atoms with Gasteiger partial charge in [0, 0.05) is 11.7 Å². The van der Waals surface area contributed by atoms with E-state index in [2.05, 4.69) is 35.6 Å². The largest absolute Gasteiger partial charge is 0.382 e. The highest BCUT2D eigenvalue weighted by Gasteiger charge is 2.08. The molecule has 1 N–H and O–H groups in total. The standard InChI is InChI=1S/C19H31N/c1-2-4-6-8-11-15-18(14-10-7-5-3-1)20-19-16-12-9-13-17-19/h9,12-13,16-18,20H,1-8,10-11,14-15H2. The highest BCUT2D eigenvalue weighted by molar-refractivity contribution is 5.43. The Balaban J connectivity index is 1.80. The van der Waals surface area contributed by atoms with Crippen LogP contribution in [0.4, 0.5) is 5.69 Å². The van der Waals surface area contributed by atoms with Gasteiger partial charge in [0.1, 0.15) is 0 Å². The number of hydrogen-bond donors (Lipinski definition) is 1. The third-order valence-electron chi connectivity index (χ3n) is 4.50. The van der Waals surface area contributed by atoms with Gasteiger partial charge in [0.05, 0.1) is 0 Å². The first-order valence-corrected chi connectivity index (χ1v) is 8.77. The fraction of sp³-hybridized carbons (Fsp3) is 0.684. The summed E-state index contributed by atoms with van der Waals surface area (Å²) in [5.41, 5.74) is 1.29. The van der Waals surface area contributed by atoms with Crippen molar-refractivity contribution in [2.45, 2.75) is 83.1 Å². The second kappa shape index (κ2) is 9.85. The SMILES string of the molecule is c1ccc(NC2CCCCCCCCCCCC2)cc1. The smallest absolute Gasteiger partial charge is 0.0342 e. The molecule has 0 saturated heterocycles. The Hall–Kier alpha value is -0.980. The van der Waals surface area contributed by atoms with Crippen molar-refractivity contribution < 1.29 is 0 Å². The van der Waals surface area contributed by atoms with E-state index >= 15 is 0 Å². The Morgan fingerprint density at radius 1 is 0.600 bits per heavy atom. The fourth-order valence-electron chi connectivity index (χ4n) is 3.25. The van der Waals surface area contributed by atoms with Gasteiger partial charge < -0.3 is 5.32 Å². The van der Waals surface area contributed by atoms with Crippen molar-refractivity contribution in [3.63, 3.8) is 0 Å². The van der Waals surface area contributed by atoms with Crippen molar-refractivity contribution in [2.24, 2.45) is 0 Å². The molecule has 0 amide bonds. The number of rotatable bonds is 2. The van der Waals surface area contributed by atoms with Gasteiger partial charge in [0.15, 0.2) is 0 Å². The summed E-state index contributed by atoms with van der Waals surface area (Å²) in [6.45, 7) is 0. The summed E-state index contributed by atoms with van der Waals surface area (Å²) in [7, 11) is 0. The lowest BCUT2D eigenvalue weighted by molar-refractivity contribution is 0.520. The van der Waals surface area contributed by atoms with E-state index in [1.807, 2.05) is 0 Å². The van der Waals surface area contributed by atoms with Gasteiger partial charge in [-0.25, -0.2) is 0 Å². The normalized spacial score (nSPS) is 20.4. The first-order valence-electron chi connectivity index (χ1n) is 8.77. The number of para-hydroxylation sites is 1. The third-order valence-corrected chi connectivity index (χ3v) is 4.50. The zero-order valence-corrected chi connectivity index (χ0v) is 12.9. The van der Waals surface area contributed by atoms with Crippen molar-refractivity contribution in [1.29, 1.82) is 0 Å². The van der Waals surface area contributed by atoms with Crippen molar-refractivity contribution in [2.75, 3.05) is 5.32 Å². The minimum Gasteiger partial charge on any atom is -0.382 e. The van der Waals surface area contributed by atoms with Crippen LogP contribution in [-0.2, 0) is 0 Å². The Kier molecular flexibility index (Phi) is 7.59. The summed E-state index contributed by atoms with van der Waals surface area (Å²) in [5, 5.41) is 3.75. The summed E-state index contributed by atoms with van der Waals surface area (Å²) in [4.78, 5) is 0. The zero-order valence-electron chi connectivity index (χ0n) is 12.9. The molecule has 2 rings (SSSR count). The Labute approximate surface area is 125 Å². The van der Waals surface area contributed by atoms with E-state index in [-0.39, 0.29) is 0 Å². The van der Waals surface area contributed by atoms with Gasteiger partial charge in [-0.2, -0.15) is 0 Å². The summed E-state index contributed by atoms with van der Waals surface area (Å²) in [6.07, 6.45) is 17.0. The zero-order chi connectivity index (χ0) is 13.9. The van der Waals surface area contributed by atoms with Gasteiger partial charge in [-0.3, -0.25) is 0 Å². The molecule has 1 heteroatoms. The van der Waals surface area contributed by atoms with Crippen molar-refractivity contribution in [3.8, 4) is 0 Å². The summed E-state index contributed by atoms with van der Waals surface area (Å²) < 4.78 is 0. The molecule has 1 nitrogen and oxygen atoms in total. The molecular weight excluding hydrogens is 242 g/mol. The van der Waals surface area contributed by atoms with Crippen molar-refractivity contribution in [1.82, 2.24) is 0 Å². The lowest BCUT2D eigenvalue weighted by Crippen LogP contribution is -2.19. The van der Waals surface area contributed by atoms with Crippen LogP contribution in [0.3, 0.4) is 0 Å². The molecule has 1 saturated carbocycles. The van der Waals surface area contributed by atoms with Crippen molar-refractivity contribution in [3.05, 3.63) is 30.3 Å². The summed E-state index contributed by atoms with van der Waals surface area (Å²) >= 11 is 0. The number of benzene rings is 1. The van der Waals surface area contributed by atoms with Crippen molar-refractivity contribution >= 4 is 5.69 Å². The molecule has 0 bridgehead atoms. The van der Waals surface area contributed by atoms with Gasteiger partial charge in [-0.05, 0) is 25.0 Å². The Morgan fingerprint density at radius 3 is 1.55 bits per heavy atom. The van der Waals surface area contributed by atoms with Crippen LogP contribution in [0.5, 0.6) is 0 Å². The maximum atomic E-state index is 3.75. The first kappa shape index (κ1) is 15.4. The van der Waals surface area contributed by atoms with E-state index in [0.717, 1.165) is 0 Å². The highest BCUT2D eigenvalue weighted by atomic mass is 14.9. The number of nitrogens with one attached hydrogen (secondary N) is 1. The van der Waals surface area contributed by atoms with Crippen LogP contribution in [0, 0.1) is 0 Å². The minimum atomic E-state index is 0.679. The lowest BCUT2D eigenvalue weighted by atomic mass is 10.0. The molecule has 0 radical (unpaired) electrons. The molecular formula is C19H31N. The topological polar surface area (TPSA) is 12.0 Å². The van der Waals surface area contributed by atoms with E-state index in [1.54, 1.807) is 0 Å². The molecule has 0 atom stereocenters. The minimum absolute atomic E-state index is 0.679. The molecule has 1 aromatic carbocycles. The maximum absolute atomic E-state index is 3.75. The second-order valence-corrected chi connectivity index (χ2v) is 6.32. The van der Waals surface area contributed by atoms with E-state index < -0.39 is 0 Å². The first-order chi connectivity index (χ1) is 9.95. The molecule has 1 aliphatic carbocycles. The average Bonchev–Trinajstić information content (AvgIpc) is 2.50. The van der Waals surface area contributed by atoms with Gasteiger partial charge in [-0.1, -0.05) is 82.4 Å². The quantitative estimate of drug-likeness (QED) is 0.680. The van der Waals surface area contributed by atoms with Crippen LogP contribution in [-0.4, -0.2) is 6.04 Å². The molecule has 0 unspecified atom stereocenters. The molecule has 0 spiro atoms. The average molecular weight is 273 g/mol. The summed E-state index contributed by atoms with van der Waals surface area (Å²) in [6, 6.07) is 11.4. The molecule has 1 aromatic rings. The predicted molar refractivity (Wildman–Crippen MR) is 89.3 cm³/mol. The van der Waals surface area contributed by atoms with Crippen LogP contribution in [0.25, 0.3) is 0 Å². The molecule has 112 valence electrons. The molecule has 1 aliphatic rings. The van der Waals surface area contributed by atoms with Crippen LogP contribution in [0.2, 0.25) is 0 Å². The van der Waals surface area contributed by atoms with Gasteiger partial charge in [0.2, 0.25) is 0 Å².